The van der Waals surface area contributed by atoms with Crippen molar-refractivity contribution in [3.63, 3.8) is 0 Å². The zero-order valence-corrected chi connectivity index (χ0v) is 22.3. The highest BCUT2D eigenvalue weighted by atomic mass is 35.5. The number of aromatic nitrogens is 4. The molecule has 1 unspecified atom stereocenters. The number of halogens is 2. The molecule has 1 fully saturated rings. The van der Waals surface area contributed by atoms with Crippen LogP contribution in [0, 0.1) is 0 Å². The fourth-order valence-electron chi connectivity index (χ4n) is 4.69. The van der Waals surface area contributed by atoms with E-state index in [2.05, 4.69) is 15.0 Å². The maximum Gasteiger partial charge on any atom is 0.350 e. The second-order valence-electron chi connectivity index (χ2n) is 9.38. The van der Waals surface area contributed by atoms with Crippen LogP contribution in [0.1, 0.15) is 19.2 Å². The summed E-state index contributed by atoms with van der Waals surface area (Å²) in [6.45, 7) is -0.661. The van der Waals surface area contributed by atoms with Crippen molar-refractivity contribution in [1.29, 1.82) is 0 Å². The Morgan fingerprint density at radius 3 is 2.45 bits per heavy atom. The molecule has 0 aliphatic carbocycles. The first-order valence-corrected chi connectivity index (χ1v) is 12.8. The number of hydrogen-bond acceptors (Lipinski definition) is 10. The molecule has 0 saturated carbocycles. The Kier molecular flexibility index (Phi) is 9.06. The van der Waals surface area contributed by atoms with E-state index in [4.69, 9.17) is 31.5 Å². The number of methoxy groups -OCH3 is 1. The number of nitrogen functional groups attached to an aromatic ring is 1. The largest absolute Gasteiger partial charge is 0.479 e. The van der Waals surface area contributed by atoms with Gasteiger partial charge in [0.25, 0.3) is 5.60 Å². The molecule has 5 rings (SSSR count). The first-order chi connectivity index (χ1) is 19.6. The molecule has 0 spiro atoms. The molecule has 222 valence electrons. The molecule has 2 aromatic heterocycles. The van der Waals surface area contributed by atoms with Crippen LogP contribution >= 0.6 is 11.6 Å². The topological polar surface area (TPSA) is 172 Å². The molecule has 0 bridgehead atoms. The van der Waals surface area contributed by atoms with Crippen LogP contribution in [0.3, 0.4) is 0 Å². The Labute approximate surface area is 244 Å². The molecule has 0 radical (unpaired) electrons. The van der Waals surface area contributed by atoms with Crippen molar-refractivity contribution >= 4 is 40.5 Å². The summed E-state index contributed by atoms with van der Waals surface area (Å²) in [6, 6.07) is 16.4. The molecule has 1 aliphatic heterocycles. The number of alkyl halides is 1. The van der Waals surface area contributed by atoms with Crippen molar-refractivity contribution in [2.45, 2.75) is 44.1 Å². The minimum Gasteiger partial charge on any atom is -0.479 e. The van der Waals surface area contributed by atoms with Crippen molar-refractivity contribution < 1.29 is 38.4 Å². The van der Waals surface area contributed by atoms with Gasteiger partial charge >= 0.3 is 11.9 Å². The van der Waals surface area contributed by atoms with Gasteiger partial charge in [0.05, 0.1) is 20.0 Å². The summed E-state index contributed by atoms with van der Waals surface area (Å²) in [5, 5.41) is 20.5. The van der Waals surface area contributed by atoms with Crippen LogP contribution in [0.25, 0.3) is 22.3 Å². The van der Waals surface area contributed by atoms with E-state index < -0.39 is 55.2 Å². The van der Waals surface area contributed by atoms with Gasteiger partial charge in [-0.15, -0.1) is 0 Å². The van der Waals surface area contributed by atoms with Gasteiger partial charge in [-0.25, -0.2) is 19.0 Å². The number of nitrogens with zero attached hydrogens (tertiary/aromatic N) is 4. The number of aliphatic hydroxyl groups is 1. The van der Waals surface area contributed by atoms with Crippen molar-refractivity contribution in [3.05, 3.63) is 71.8 Å². The van der Waals surface area contributed by atoms with Gasteiger partial charge in [-0.3, -0.25) is 4.57 Å². The van der Waals surface area contributed by atoms with E-state index in [1.165, 1.54) is 10.9 Å². The van der Waals surface area contributed by atoms with Gasteiger partial charge in [0.15, 0.2) is 23.9 Å². The number of carbonyl (C=O) groups is 2. The third-order valence-corrected chi connectivity index (χ3v) is 7.03. The van der Waals surface area contributed by atoms with Crippen LogP contribution < -0.4 is 5.73 Å². The Morgan fingerprint density at radius 2 is 1.81 bits per heavy atom. The molecule has 14 heteroatoms. The number of rotatable bonds is 9. The lowest BCUT2D eigenvalue weighted by atomic mass is 9.92. The highest BCUT2D eigenvalue weighted by Gasteiger charge is 2.52. The maximum atomic E-state index is 15.3. The van der Waals surface area contributed by atoms with E-state index in [0.29, 0.717) is 5.56 Å². The molecule has 4 N–H and O–H groups in total. The fraction of sp³-hybridized carbons (Fsp3) is 0.321. The first-order valence-electron chi connectivity index (χ1n) is 12.4. The predicted molar refractivity (Wildman–Crippen MR) is 150 cm³/mol. The van der Waals surface area contributed by atoms with Crippen LogP contribution in [-0.2, 0) is 30.2 Å². The third kappa shape index (κ3) is 5.63. The van der Waals surface area contributed by atoms with E-state index in [0.717, 1.165) is 18.2 Å². The molecule has 1 aliphatic rings. The summed E-state index contributed by atoms with van der Waals surface area (Å²) >= 11 is 5.89. The van der Waals surface area contributed by atoms with E-state index in [1.807, 2.05) is 30.3 Å². The van der Waals surface area contributed by atoms with E-state index in [9.17, 15) is 19.8 Å². The third-order valence-electron chi connectivity index (χ3n) is 6.86. The van der Waals surface area contributed by atoms with Gasteiger partial charge in [0.2, 0.25) is 5.28 Å². The maximum absolute atomic E-state index is 15.3. The average molecular weight is 602 g/mol. The number of fused-ring (bicyclic) bond motifs is 1. The SMILES string of the molecule is C.COC(=O)C(Cc1ccc(-c2ccccc2)cc1)(OC[C@H]1O[C@@H](n2cnc3c(N)nc(Cl)nc32)[C@@H](F)[C@@H]1O)C(=O)O. The number of imidazole rings is 1. The number of aliphatic hydroxyl groups excluding tert-OH is 1. The number of carboxylic acids is 1. The van der Waals surface area contributed by atoms with Gasteiger partial charge in [-0.05, 0) is 28.3 Å². The van der Waals surface area contributed by atoms with Crippen LogP contribution in [-0.4, -0.2) is 79.4 Å². The average Bonchev–Trinajstić information content (AvgIpc) is 3.51. The summed E-state index contributed by atoms with van der Waals surface area (Å²) in [6.07, 6.45) is -5.76. The normalized spacial score (nSPS) is 21.4. The lowest BCUT2D eigenvalue weighted by Crippen LogP contribution is -2.53. The second-order valence-corrected chi connectivity index (χ2v) is 9.71. The number of benzene rings is 2. The Hall–Kier alpha value is -4.17. The molecule has 0 amide bonds. The van der Waals surface area contributed by atoms with Gasteiger partial charge in [0.1, 0.15) is 17.7 Å². The Balaban J connectivity index is 0.00000405. The number of aliphatic carboxylic acids is 1. The molecule has 4 aromatic rings. The molecular weight excluding hydrogens is 573 g/mol. The highest BCUT2D eigenvalue weighted by Crippen LogP contribution is 2.35. The summed E-state index contributed by atoms with van der Waals surface area (Å²) in [5.41, 5.74) is 5.82. The molecule has 2 aromatic carbocycles. The van der Waals surface area contributed by atoms with Crippen LogP contribution in [0.4, 0.5) is 10.2 Å². The monoisotopic (exact) mass is 601 g/mol. The number of anilines is 1. The number of nitrogens with two attached hydrogens (primary N) is 1. The van der Waals surface area contributed by atoms with E-state index >= 15 is 4.39 Å². The molecule has 5 atom stereocenters. The van der Waals surface area contributed by atoms with E-state index in [-0.39, 0.29) is 29.7 Å². The summed E-state index contributed by atoms with van der Waals surface area (Å²) < 4.78 is 32.6. The minimum absolute atomic E-state index is 0. The zero-order chi connectivity index (χ0) is 29.3. The molecule has 42 heavy (non-hydrogen) atoms. The van der Waals surface area contributed by atoms with E-state index in [1.54, 1.807) is 24.3 Å². The number of ether oxygens (including phenoxy) is 3. The summed E-state index contributed by atoms with van der Waals surface area (Å²) in [4.78, 5) is 37.2. The number of esters is 1. The van der Waals surface area contributed by atoms with Crippen molar-refractivity contribution in [3.8, 4) is 11.1 Å². The van der Waals surface area contributed by atoms with Crippen LogP contribution in [0.5, 0.6) is 0 Å². The number of carboxylic acid groups (broad SMARTS) is 1. The van der Waals surface area contributed by atoms with Crippen LogP contribution in [0.2, 0.25) is 5.28 Å². The second kappa shape index (κ2) is 12.4. The standard InChI is InChI=1S/C27H25ClFN5O7.CH4/c1-39-25(38)27(24(36)37,11-14-7-9-16(10-8-14)15-5-3-2-4-6-15)40-12-17-20(35)18(29)23(41-17)34-13-31-19-21(30)32-26(28)33-22(19)34;/h2-10,13,17-18,20,23,35H,11-12H2,1H3,(H,36,37)(H2,30,32,33);1H4/t17-,18+,20-,23-,27?;/m1./s1. The molecule has 3 heterocycles. The highest BCUT2D eigenvalue weighted by molar-refractivity contribution is 6.28. The Bertz CT molecular complexity index is 1570. The summed E-state index contributed by atoms with van der Waals surface area (Å²) in [7, 11) is 1.03. The Morgan fingerprint density at radius 1 is 1.14 bits per heavy atom. The smallest absolute Gasteiger partial charge is 0.350 e. The first kappa shape index (κ1) is 30.8. The fourth-order valence-corrected chi connectivity index (χ4v) is 4.86. The molecule has 12 nitrogen and oxygen atoms in total. The number of hydrogen-bond donors (Lipinski definition) is 3. The van der Waals surface area contributed by atoms with Gasteiger partial charge in [-0.2, -0.15) is 9.97 Å². The molecule has 1 saturated heterocycles. The lowest BCUT2D eigenvalue weighted by Gasteiger charge is -2.28. The van der Waals surface area contributed by atoms with Gasteiger partial charge < -0.3 is 30.2 Å². The van der Waals surface area contributed by atoms with Crippen molar-refractivity contribution in [1.82, 2.24) is 19.5 Å². The minimum atomic E-state index is -2.51. The summed E-state index contributed by atoms with van der Waals surface area (Å²) in [5.74, 6) is -2.84. The van der Waals surface area contributed by atoms with Crippen molar-refractivity contribution in [2.75, 3.05) is 19.5 Å². The number of carbonyl (C=O) groups excluding carboxylic acids is 1. The molecular formula is C28H29ClFN5O7. The zero-order valence-electron chi connectivity index (χ0n) is 21.6. The predicted octanol–water partition coefficient (Wildman–Crippen LogP) is 3.22. The quantitative estimate of drug-likeness (QED) is 0.146. The van der Waals surface area contributed by atoms with Crippen molar-refractivity contribution in [2.24, 2.45) is 0 Å². The van der Waals surface area contributed by atoms with Gasteiger partial charge in [0, 0.05) is 6.42 Å². The lowest BCUT2D eigenvalue weighted by molar-refractivity contribution is -0.192. The van der Waals surface area contributed by atoms with Crippen LogP contribution in [0.15, 0.2) is 60.9 Å². The van der Waals surface area contributed by atoms with Gasteiger partial charge in [-0.1, -0.05) is 62.0 Å².